The molecule has 0 aliphatic carbocycles. The Balaban J connectivity index is 0.000000378. The molecule has 0 unspecified atom stereocenters. The Labute approximate surface area is 428 Å². The van der Waals surface area contributed by atoms with E-state index in [0.29, 0.717) is 18.7 Å². The van der Waals surface area contributed by atoms with E-state index in [4.69, 9.17) is 4.74 Å². The van der Waals surface area contributed by atoms with E-state index in [-0.39, 0.29) is 5.78 Å². The second kappa shape index (κ2) is 21.3. The highest BCUT2D eigenvalue weighted by atomic mass is 19.4. The number of para-hydroxylation sites is 1. The third-order valence-electron chi connectivity index (χ3n) is 12.0. The molecule has 0 fully saturated rings. The van der Waals surface area contributed by atoms with Gasteiger partial charge in [0.1, 0.15) is 11.9 Å². The number of rotatable bonds is 9. The molecule has 0 atom stereocenters. The van der Waals surface area contributed by atoms with Gasteiger partial charge in [-0.1, -0.05) is 60.7 Å². The SMILES string of the molecule is CCOc1ccc(C(=O)C[n+]2cccc3ccccc32)cc1.FC(F)(F)c1cc([B-](c2cc(C(F)(F)F)cc(C(F)(F)F)c2)(c2cc(C(F)(F)F)cc(C(F)(F)F)c2)c2cc(C(F)(F)F)cc(C(F)(F)F)c2)cc(C(F)(F)F)c1. The van der Waals surface area contributed by atoms with Crippen LogP contribution in [0.25, 0.3) is 10.9 Å². The summed E-state index contributed by atoms with van der Waals surface area (Å²) in [5, 5.41) is 1.13. The number of Topliss-reactive ketones (excluding diaryl/α,β-unsaturated/α-hetero) is 1. The smallest absolute Gasteiger partial charge is 0.416 e. The van der Waals surface area contributed by atoms with E-state index in [0.717, 1.165) is 16.7 Å². The zero-order valence-corrected chi connectivity index (χ0v) is 39.1. The van der Waals surface area contributed by atoms with Crippen LogP contribution in [-0.2, 0) is 56.0 Å². The van der Waals surface area contributed by atoms with Crippen LogP contribution < -0.4 is 31.2 Å². The van der Waals surface area contributed by atoms with Gasteiger partial charge in [-0.2, -0.15) is 132 Å². The van der Waals surface area contributed by atoms with E-state index in [1.807, 2.05) is 78.4 Å². The molecule has 422 valence electrons. The molecule has 7 aromatic rings. The lowest BCUT2D eigenvalue weighted by atomic mass is 9.12. The molecule has 0 spiro atoms. The van der Waals surface area contributed by atoms with Crippen molar-refractivity contribution in [1.82, 2.24) is 0 Å². The highest BCUT2D eigenvalue weighted by Gasteiger charge is 2.47. The molecule has 79 heavy (non-hydrogen) atoms. The highest BCUT2D eigenvalue weighted by molar-refractivity contribution is 7.20. The Kier molecular flexibility index (Phi) is 16.4. The molecule has 0 aliphatic heterocycles. The maximum atomic E-state index is 14.2. The minimum absolute atomic E-state index is 0.0874. The topological polar surface area (TPSA) is 30.2 Å². The number of fused-ring (bicyclic) bond motifs is 1. The summed E-state index contributed by atoms with van der Waals surface area (Å²) in [6, 6.07) is 10.6. The standard InChI is InChI=1S/C32H12BF24.C19H18NO2/c34-25(35,36)13-1-14(26(37,38)39)6-21(5-13)33(22-7-15(27(40,41)42)2-16(8-22)28(43,44)45,23-9-17(29(46,47)48)3-18(10-23)30(49,50)51)24-11-19(31(52,53)54)4-20(12-24)32(55,56)57;1-2-22-17-11-9-16(10-12-17)19(21)14-20-13-5-7-15-6-3-4-8-18(15)20/h1-12H;3-13H,2,14H2,1H3/q-1;+1. The molecule has 0 radical (unpaired) electrons. The minimum atomic E-state index is -6.13. The number of hydrogen-bond acceptors (Lipinski definition) is 2. The zero-order chi connectivity index (χ0) is 59.3. The second-order valence-corrected chi connectivity index (χ2v) is 17.3. The summed E-state index contributed by atoms with van der Waals surface area (Å²) in [7, 11) is 0. The number of aromatic nitrogens is 1. The van der Waals surface area contributed by atoms with Gasteiger partial charge in [-0.25, -0.2) is 0 Å². The van der Waals surface area contributed by atoms with Crippen molar-refractivity contribution in [1.29, 1.82) is 0 Å². The Morgan fingerprint density at radius 1 is 0.392 bits per heavy atom. The lowest BCUT2D eigenvalue weighted by molar-refractivity contribution is -0.657. The van der Waals surface area contributed by atoms with Gasteiger partial charge in [-0.3, -0.25) is 4.79 Å². The fourth-order valence-electron chi connectivity index (χ4n) is 8.58. The molecule has 6 aromatic carbocycles. The lowest BCUT2D eigenvalue weighted by Crippen LogP contribution is -2.75. The average Bonchev–Trinajstić information content (AvgIpc) is 3.53. The molecule has 0 saturated carbocycles. The third-order valence-corrected chi connectivity index (χ3v) is 12.0. The molecule has 0 saturated heterocycles. The van der Waals surface area contributed by atoms with Crippen molar-refractivity contribution in [3.8, 4) is 5.75 Å². The number of alkyl halides is 24. The number of hydrogen-bond donors (Lipinski definition) is 0. The second-order valence-electron chi connectivity index (χ2n) is 17.3. The summed E-state index contributed by atoms with van der Waals surface area (Å²) in [5.74, 6) is 0.876. The van der Waals surface area contributed by atoms with E-state index < -0.39 is 195 Å². The zero-order valence-electron chi connectivity index (χ0n) is 39.1. The molecule has 0 bridgehead atoms. The summed E-state index contributed by atoms with van der Waals surface area (Å²) >= 11 is 0. The summed E-state index contributed by atoms with van der Waals surface area (Å²) in [6.07, 6.45) is -52.9. The van der Waals surface area contributed by atoms with Gasteiger partial charge in [0.15, 0.2) is 6.20 Å². The largest absolute Gasteiger partial charge is 0.494 e. The van der Waals surface area contributed by atoms with Crippen LogP contribution in [0.2, 0.25) is 0 Å². The number of carbonyl (C=O) groups is 1. The maximum absolute atomic E-state index is 14.2. The monoisotopic (exact) mass is 1160 g/mol. The molecule has 0 N–H and O–H groups in total. The Morgan fingerprint density at radius 3 is 0.949 bits per heavy atom. The van der Waals surface area contributed by atoms with E-state index in [2.05, 4.69) is 0 Å². The van der Waals surface area contributed by atoms with Crippen LogP contribution in [0, 0.1) is 0 Å². The van der Waals surface area contributed by atoms with Crippen molar-refractivity contribution >= 4 is 44.7 Å². The van der Waals surface area contributed by atoms with Crippen LogP contribution in [0.3, 0.4) is 0 Å². The van der Waals surface area contributed by atoms with Crippen LogP contribution in [0.15, 0.2) is 140 Å². The van der Waals surface area contributed by atoms with Crippen molar-refractivity contribution in [3.05, 3.63) is 190 Å². The molecule has 0 aliphatic rings. The van der Waals surface area contributed by atoms with Crippen LogP contribution in [-0.4, -0.2) is 18.5 Å². The van der Waals surface area contributed by atoms with Crippen LogP contribution >= 0.6 is 0 Å². The predicted octanol–water partition coefficient (Wildman–Crippen LogP) is 14.6. The Bertz CT molecular complexity index is 2900. The van der Waals surface area contributed by atoms with Crippen LogP contribution in [0.4, 0.5) is 105 Å². The molecule has 1 heterocycles. The summed E-state index contributed by atoms with van der Waals surface area (Å²) in [4.78, 5) is 12.5. The first-order valence-corrected chi connectivity index (χ1v) is 22.0. The normalized spacial score (nSPS) is 13.3. The van der Waals surface area contributed by atoms with Gasteiger partial charge < -0.3 is 4.74 Å². The van der Waals surface area contributed by atoms with E-state index in [1.54, 1.807) is 0 Å². The fourth-order valence-corrected chi connectivity index (χ4v) is 8.58. The molecular weight excluding hydrogens is 1130 g/mol. The third kappa shape index (κ3) is 13.9. The number of carbonyl (C=O) groups excluding carboxylic acids is 1. The first-order chi connectivity index (χ1) is 36.0. The van der Waals surface area contributed by atoms with E-state index in [9.17, 15) is 110 Å². The van der Waals surface area contributed by atoms with Crippen molar-refractivity contribution in [2.45, 2.75) is 62.9 Å². The summed E-state index contributed by atoms with van der Waals surface area (Å²) in [5.41, 5.74) is -28.4. The molecule has 1 aromatic heterocycles. The van der Waals surface area contributed by atoms with Gasteiger partial charge >= 0.3 is 49.4 Å². The van der Waals surface area contributed by atoms with E-state index in [1.165, 1.54) is 0 Å². The van der Waals surface area contributed by atoms with E-state index >= 15 is 0 Å². The molecule has 3 nitrogen and oxygen atoms in total. The minimum Gasteiger partial charge on any atom is -0.494 e. The molecule has 0 amide bonds. The average molecular weight is 1160 g/mol. The van der Waals surface area contributed by atoms with Crippen molar-refractivity contribution in [2.24, 2.45) is 0 Å². The first-order valence-electron chi connectivity index (χ1n) is 22.0. The highest BCUT2D eigenvalue weighted by Crippen LogP contribution is 2.41. The molecule has 28 heteroatoms. The van der Waals surface area contributed by atoms with Gasteiger partial charge in [0.25, 0.3) is 0 Å². The predicted molar refractivity (Wildman–Crippen MR) is 236 cm³/mol. The number of benzene rings is 6. The van der Waals surface area contributed by atoms with Gasteiger partial charge in [-0.05, 0) is 67.6 Å². The first kappa shape index (κ1) is 60.8. The fraction of sp³-hybridized carbons (Fsp3) is 0.216. The van der Waals surface area contributed by atoms with Gasteiger partial charge in [0.2, 0.25) is 17.8 Å². The maximum Gasteiger partial charge on any atom is 0.416 e. The quantitative estimate of drug-likeness (QED) is 0.0624. The Hall–Kier alpha value is -7.42. The number of ketones is 1. The van der Waals surface area contributed by atoms with Crippen LogP contribution in [0.1, 0.15) is 61.8 Å². The summed E-state index contributed by atoms with van der Waals surface area (Å²) < 4.78 is 348. The van der Waals surface area contributed by atoms with Gasteiger partial charge in [0, 0.05) is 23.1 Å². The number of pyridine rings is 1. The van der Waals surface area contributed by atoms with Crippen molar-refractivity contribution in [3.63, 3.8) is 0 Å². The van der Waals surface area contributed by atoms with Crippen LogP contribution in [0.5, 0.6) is 5.75 Å². The van der Waals surface area contributed by atoms with Crippen molar-refractivity contribution in [2.75, 3.05) is 6.61 Å². The van der Waals surface area contributed by atoms with Crippen molar-refractivity contribution < 1.29 is 119 Å². The Morgan fingerprint density at radius 2 is 0.671 bits per heavy atom. The number of nitrogens with zero attached hydrogens (tertiary/aromatic N) is 1. The summed E-state index contributed by atoms with van der Waals surface area (Å²) in [6.45, 7) is 2.89. The molecular formula is C51H30BF24NO2. The van der Waals surface area contributed by atoms with Gasteiger partial charge in [0.05, 0.1) is 51.1 Å². The van der Waals surface area contributed by atoms with Gasteiger partial charge in [-0.15, -0.1) is 0 Å². The molecule has 7 rings (SSSR count). The number of ether oxygens (including phenoxy) is 1. The number of halogens is 24. The lowest BCUT2D eigenvalue weighted by Gasteiger charge is -2.46.